The Balaban J connectivity index is 0.00000180. The molecule has 1 aromatic rings. The monoisotopic (exact) mass is 292 g/mol. The fourth-order valence-corrected chi connectivity index (χ4v) is 1.64. The van der Waals surface area contributed by atoms with E-state index in [1.165, 1.54) is 12.1 Å². The number of hydrogen-bond acceptors (Lipinski definition) is 3. The molecule has 2 N–H and O–H groups in total. The third-order valence-corrected chi connectivity index (χ3v) is 2.74. The van der Waals surface area contributed by atoms with Gasteiger partial charge in [0, 0.05) is 19.6 Å². The molecule has 0 aliphatic carbocycles. The second-order valence-corrected chi connectivity index (χ2v) is 4.10. The van der Waals surface area contributed by atoms with E-state index in [0.717, 1.165) is 5.56 Å². The lowest BCUT2D eigenvalue weighted by atomic mass is 10.0. The van der Waals surface area contributed by atoms with Gasteiger partial charge in [-0.2, -0.15) is 8.78 Å². The Morgan fingerprint density at radius 3 is 2.79 bits per heavy atom. The average molecular weight is 293 g/mol. The minimum absolute atomic E-state index is 0. The third kappa shape index (κ3) is 4.65. The second kappa shape index (κ2) is 7.25. The maximum atomic E-state index is 12.0. The van der Waals surface area contributed by atoms with E-state index in [1.54, 1.807) is 12.1 Å². The van der Waals surface area contributed by atoms with Crippen molar-refractivity contribution in [3.05, 3.63) is 29.8 Å². The van der Waals surface area contributed by atoms with Crippen LogP contribution in [0.4, 0.5) is 8.78 Å². The van der Waals surface area contributed by atoms with Crippen LogP contribution < -0.4 is 15.4 Å². The van der Waals surface area contributed by atoms with Crippen LogP contribution in [-0.4, -0.2) is 25.6 Å². The van der Waals surface area contributed by atoms with Crippen LogP contribution in [0.5, 0.6) is 5.75 Å². The highest BCUT2D eigenvalue weighted by molar-refractivity contribution is 5.85. The van der Waals surface area contributed by atoms with Crippen LogP contribution in [0.2, 0.25) is 0 Å². The lowest BCUT2D eigenvalue weighted by molar-refractivity contribution is -0.126. The number of alkyl halides is 2. The highest BCUT2D eigenvalue weighted by Crippen LogP contribution is 2.16. The van der Waals surface area contributed by atoms with Crippen molar-refractivity contribution in [1.82, 2.24) is 10.6 Å². The molecule has 0 radical (unpaired) electrons. The van der Waals surface area contributed by atoms with Crippen LogP contribution >= 0.6 is 12.4 Å². The van der Waals surface area contributed by atoms with Gasteiger partial charge in [-0.3, -0.25) is 4.79 Å². The Morgan fingerprint density at radius 2 is 2.21 bits per heavy atom. The largest absolute Gasteiger partial charge is 0.435 e. The molecular weight excluding hydrogens is 278 g/mol. The maximum Gasteiger partial charge on any atom is 0.387 e. The van der Waals surface area contributed by atoms with Gasteiger partial charge in [0.05, 0.1) is 5.92 Å². The molecule has 1 aliphatic heterocycles. The van der Waals surface area contributed by atoms with Crippen LogP contribution in [0.1, 0.15) is 5.56 Å². The quantitative estimate of drug-likeness (QED) is 0.866. The Morgan fingerprint density at radius 1 is 1.47 bits per heavy atom. The number of benzene rings is 1. The molecule has 106 valence electrons. The van der Waals surface area contributed by atoms with E-state index < -0.39 is 6.61 Å². The smallest absolute Gasteiger partial charge is 0.387 e. The van der Waals surface area contributed by atoms with Crippen molar-refractivity contribution in [3.63, 3.8) is 0 Å². The molecule has 4 nitrogen and oxygen atoms in total. The van der Waals surface area contributed by atoms with Crippen LogP contribution in [0.3, 0.4) is 0 Å². The fourth-order valence-electron chi connectivity index (χ4n) is 1.64. The molecule has 0 spiro atoms. The second-order valence-electron chi connectivity index (χ2n) is 4.10. The number of carbonyl (C=O) groups excluding carboxylic acids is 1. The number of halogens is 3. The standard InChI is InChI=1S/C12H14F2N2O2.ClH/c13-12(14)18-10-3-1-2-8(4-10)5-16-11(17)9-6-15-7-9;/h1-4,9,12,15H,5-7H2,(H,16,17);1H. The Hall–Kier alpha value is -1.40. The SMILES string of the molecule is Cl.O=C(NCc1cccc(OC(F)F)c1)C1CNC1. The minimum Gasteiger partial charge on any atom is -0.435 e. The van der Waals surface area contributed by atoms with Gasteiger partial charge in [-0.05, 0) is 17.7 Å². The van der Waals surface area contributed by atoms with Gasteiger partial charge in [-0.25, -0.2) is 0 Å². The predicted octanol–water partition coefficient (Wildman–Crippen LogP) is 1.55. The van der Waals surface area contributed by atoms with E-state index in [4.69, 9.17) is 0 Å². The summed E-state index contributed by atoms with van der Waals surface area (Å²) in [6, 6.07) is 6.31. The molecule has 0 aromatic heterocycles. The first-order valence-electron chi connectivity index (χ1n) is 5.67. The number of hydrogen-bond donors (Lipinski definition) is 2. The van der Waals surface area contributed by atoms with Crippen LogP contribution in [0, 0.1) is 5.92 Å². The van der Waals surface area contributed by atoms with E-state index in [-0.39, 0.29) is 30.0 Å². The van der Waals surface area contributed by atoms with E-state index in [2.05, 4.69) is 15.4 Å². The molecule has 1 aromatic carbocycles. The number of ether oxygens (including phenoxy) is 1. The zero-order valence-electron chi connectivity index (χ0n) is 10.1. The normalized spacial score (nSPS) is 14.5. The van der Waals surface area contributed by atoms with Crippen LogP contribution in [-0.2, 0) is 11.3 Å². The van der Waals surface area contributed by atoms with Crippen molar-refractivity contribution < 1.29 is 18.3 Å². The summed E-state index contributed by atoms with van der Waals surface area (Å²) in [5, 5.41) is 5.77. The number of amides is 1. The lowest BCUT2D eigenvalue weighted by Gasteiger charge is -2.25. The van der Waals surface area contributed by atoms with E-state index in [0.29, 0.717) is 19.6 Å². The van der Waals surface area contributed by atoms with Gasteiger partial charge in [0.25, 0.3) is 0 Å². The third-order valence-electron chi connectivity index (χ3n) is 2.74. The average Bonchev–Trinajstić information content (AvgIpc) is 2.23. The highest BCUT2D eigenvalue weighted by atomic mass is 35.5. The predicted molar refractivity (Wildman–Crippen MR) is 68.5 cm³/mol. The van der Waals surface area contributed by atoms with Crippen LogP contribution in [0.25, 0.3) is 0 Å². The maximum absolute atomic E-state index is 12.0. The van der Waals surface area contributed by atoms with Gasteiger partial charge in [0.2, 0.25) is 5.91 Å². The van der Waals surface area contributed by atoms with E-state index in [1.807, 2.05) is 0 Å². The Kier molecular flexibility index (Phi) is 5.98. The lowest BCUT2D eigenvalue weighted by Crippen LogP contribution is -2.50. The number of carbonyl (C=O) groups is 1. The van der Waals surface area contributed by atoms with Gasteiger partial charge < -0.3 is 15.4 Å². The molecule has 1 heterocycles. The van der Waals surface area contributed by atoms with Gasteiger partial charge >= 0.3 is 6.61 Å². The van der Waals surface area contributed by atoms with E-state index in [9.17, 15) is 13.6 Å². The summed E-state index contributed by atoms with van der Waals surface area (Å²) in [4.78, 5) is 11.6. The topological polar surface area (TPSA) is 50.4 Å². The summed E-state index contributed by atoms with van der Waals surface area (Å²) in [6.07, 6.45) is 0. The first-order chi connectivity index (χ1) is 8.65. The number of nitrogens with one attached hydrogen (secondary N) is 2. The van der Waals surface area contributed by atoms with Gasteiger partial charge in [-0.1, -0.05) is 12.1 Å². The Bertz CT molecular complexity index is 428. The van der Waals surface area contributed by atoms with Gasteiger partial charge in [-0.15, -0.1) is 12.4 Å². The van der Waals surface area contributed by atoms with Crippen molar-refractivity contribution in [2.75, 3.05) is 13.1 Å². The summed E-state index contributed by atoms with van der Waals surface area (Å²) in [6.45, 7) is -1.13. The molecular formula is C12H15ClF2N2O2. The fraction of sp³-hybridized carbons (Fsp3) is 0.417. The van der Waals surface area contributed by atoms with Crippen molar-refractivity contribution in [2.45, 2.75) is 13.2 Å². The van der Waals surface area contributed by atoms with Gasteiger partial charge in [0.15, 0.2) is 0 Å². The first kappa shape index (κ1) is 15.7. The van der Waals surface area contributed by atoms with E-state index >= 15 is 0 Å². The van der Waals surface area contributed by atoms with Crippen molar-refractivity contribution >= 4 is 18.3 Å². The summed E-state index contributed by atoms with van der Waals surface area (Å²) < 4.78 is 28.3. The number of rotatable bonds is 5. The molecule has 1 amide bonds. The first-order valence-corrected chi connectivity index (χ1v) is 5.67. The zero-order chi connectivity index (χ0) is 13.0. The highest BCUT2D eigenvalue weighted by Gasteiger charge is 2.24. The zero-order valence-corrected chi connectivity index (χ0v) is 10.9. The molecule has 19 heavy (non-hydrogen) atoms. The summed E-state index contributed by atoms with van der Waals surface area (Å²) in [5.41, 5.74) is 0.730. The molecule has 1 saturated heterocycles. The molecule has 1 fully saturated rings. The molecule has 0 unspecified atom stereocenters. The van der Waals surface area contributed by atoms with Crippen LogP contribution in [0.15, 0.2) is 24.3 Å². The summed E-state index contributed by atoms with van der Waals surface area (Å²) in [5.74, 6) is 0.0986. The van der Waals surface area contributed by atoms with Crippen molar-refractivity contribution in [2.24, 2.45) is 5.92 Å². The minimum atomic E-state index is -2.84. The molecule has 0 atom stereocenters. The Labute approximate surface area is 115 Å². The van der Waals surface area contributed by atoms with Crippen molar-refractivity contribution in [3.8, 4) is 5.75 Å². The molecule has 0 bridgehead atoms. The van der Waals surface area contributed by atoms with Crippen molar-refractivity contribution in [1.29, 1.82) is 0 Å². The summed E-state index contributed by atoms with van der Waals surface area (Å²) >= 11 is 0. The molecule has 2 rings (SSSR count). The molecule has 7 heteroatoms. The molecule has 0 saturated carbocycles. The summed E-state index contributed by atoms with van der Waals surface area (Å²) in [7, 11) is 0. The van der Waals surface area contributed by atoms with Gasteiger partial charge in [0.1, 0.15) is 5.75 Å². The molecule has 1 aliphatic rings.